The normalized spacial score (nSPS) is 24.5. The van der Waals surface area contributed by atoms with Gasteiger partial charge in [0, 0.05) is 31.8 Å². The van der Waals surface area contributed by atoms with Crippen molar-refractivity contribution in [3.63, 3.8) is 0 Å². The van der Waals surface area contributed by atoms with Gasteiger partial charge in [0.25, 0.3) is 5.96 Å². The predicted octanol–water partition coefficient (Wildman–Crippen LogP) is 2.12. The molecule has 2 aliphatic heterocycles. The first kappa shape index (κ1) is 17.9. The van der Waals surface area contributed by atoms with Crippen molar-refractivity contribution in [3.05, 3.63) is 51.7 Å². The summed E-state index contributed by atoms with van der Waals surface area (Å²) in [6, 6.07) is 9.29. The fraction of sp³-hybridized carbons (Fsp3) is 0.444. The van der Waals surface area contributed by atoms with Crippen LogP contribution in [0, 0.1) is 27.4 Å². The maximum atomic E-state index is 11.0. The van der Waals surface area contributed by atoms with E-state index >= 15 is 0 Å². The molecule has 1 aromatic carbocycles. The van der Waals surface area contributed by atoms with E-state index in [1.165, 1.54) is 0 Å². The fourth-order valence-corrected chi connectivity index (χ4v) is 3.35. The molecule has 2 saturated heterocycles. The molecular formula is C18H21N5O3. The monoisotopic (exact) mass is 355 g/mol. The van der Waals surface area contributed by atoms with Gasteiger partial charge in [-0.3, -0.25) is 0 Å². The van der Waals surface area contributed by atoms with Gasteiger partial charge < -0.3 is 14.5 Å². The third-order valence-corrected chi connectivity index (χ3v) is 4.54. The van der Waals surface area contributed by atoms with Gasteiger partial charge >= 0.3 is 0 Å². The summed E-state index contributed by atoms with van der Waals surface area (Å²) < 4.78 is 5.59. The number of nitriles is 1. The van der Waals surface area contributed by atoms with Gasteiger partial charge in [-0.1, -0.05) is 12.1 Å². The average Bonchev–Trinajstić information content (AvgIpc) is 3.20. The maximum absolute atomic E-state index is 11.0. The molecule has 0 radical (unpaired) electrons. The van der Waals surface area contributed by atoms with E-state index in [2.05, 4.69) is 11.2 Å². The van der Waals surface area contributed by atoms with Crippen LogP contribution in [0.15, 0.2) is 35.6 Å². The van der Waals surface area contributed by atoms with Crippen LogP contribution in [0.5, 0.6) is 0 Å². The number of hydrogen-bond donors (Lipinski definition) is 0. The summed E-state index contributed by atoms with van der Waals surface area (Å²) >= 11 is 0. The molecular weight excluding hydrogens is 334 g/mol. The summed E-state index contributed by atoms with van der Waals surface area (Å²) in [5.74, 6) is 0.709. The van der Waals surface area contributed by atoms with Crippen molar-refractivity contribution in [1.29, 1.82) is 5.26 Å². The second kappa shape index (κ2) is 7.97. The van der Waals surface area contributed by atoms with Crippen molar-refractivity contribution in [2.24, 2.45) is 11.0 Å². The molecule has 1 aromatic rings. The van der Waals surface area contributed by atoms with Gasteiger partial charge in [-0.15, -0.1) is 0 Å². The quantitative estimate of drug-likeness (QED) is 0.593. The Labute approximate surface area is 152 Å². The average molecular weight is 355 g/mol. The van der Waals surface area contributed by atoms with Gasteiger partial charge in [0.15, 0.2) is 5.03 Å². The molecule has 0 bridgehead atoms. The Morgan fingerprint density at radius 1 is 1.50 bits per heavy atom. The fourth-order valence-electron chi connectivity index (χ4n) is 3.35. The van der Waals surface area contributed by atoms with E-state index in [9.17, 15) is 10.1 Å². The minimum atomic E-state index is -0.654. The second-order valence-corrected chi connectivity index (χ2v) is 6.58. The van der Waals surface area contributed by atoms with Crippen molar-refractivity contribution in [3.8, 4) is 6.07 Å². The lowest BCUT2D eigenvalue weighted by molar-refractivity contribution is -0.486. The number of guanidine groups is 1. The van der Waals surface area contributed by atoms with Crippen molar-refractivity contribution in [2.45, 2.75) is 19.4 Å². The first-order chi connectivity index (χ1) is 12.5. The molecule has 26 heavy (non-hydrogen) atoms. The Kier molecular flexibility index (Phi) is 5.49. The summed E-state index contributed by atoms with van der Waals surface area (Å²) in [4.78, 5) is 14.7. The summed E-state index contributed by atoms with van der Waals surface area (Å²) in [7, 11) is 0. The summed E-state index contributed by atoms with van der Waals surface area (Å²) in [5.41, 5.74) is 1.44. The number of benzene rings is 1. The molecule has 0 amide bonds. The third-order valence-electron chi connectivity index (χ3n) is 4.54. The molecule has 8 nitrogen and oxygen atoms in total. The summed E-state index contributed by atoms with van der Waals surface area (Å²) in [6.45, 7) is 4.73. The highest BCUT2D eigenvalue weighted by Crippen LogP contribution is 2.22. The van der Waals surface area contributed by atoms with E-state index in [0.717, 1.165) is 12.0 Å². The van der Waals surface area contributed by atoms with E-state index in [1.54, 1.807) is 23.2 Å². The SMILES string of the molecule is CC1CC(CN2CCN(C=Cc3cccc(C#N)c3)C2=N[N+](=O)[O-])CO1. The van der Waals surface area contributed by atoms with Crippen LogP contribution in [-0.2, 0) is 4.74 Å². The maximum Gasteiger partial charge on any atom is 0.278 e. The minimum Gasteiger partial charge on any atom is -0.378 e. The van der Waals surface area contributed by atoms with Crippen LogP contribution in [0.25, 0.3) is 6.08 Å². The molecule has 0 saturated carbocycles. The lowest BCUT2D eigenvalue weighted by Gasteiger charge is -2.21. The van der Waals surface area contributed by atoms with Crippen LogP contribution in [0.4, 0.5) is 0 Å². The molecule has 2 heterocycles. The van der Waals surface area contributed by atoms with Crippen LogP contribution in [0.3, 0.4) is 0 Å². The minimum absolute atomic E-state index is 0.238. The Bertz CT molecular complexity index is 770. The highest BCUT2D eigenvalue weighted by molar-refractivity contribution is 5.83. The Morgan fingerprint density at radius 2 is 2.35 bits per heavy atom. The number of hydrazone groups is 1. The topological polar surface area (TPSA) is 95.0 Å². The number of nitro groups is 1. The van der Waals surface area contributed by atoms with Crippen molar-refractivity contribution >= 4 is 12.0 Å². The van der Waals surface area contributed by atoms with E-state index in [1.807, 2.05) is 30.0 Å². The van der Waals surface area contributed by atoms with Crippen LogP contribution >= 0.6 is 0 Å². The summed E-state index contributed by atoms with van der Waals surface area (Å²) in [5, 5.41) is 22.9. The molecule has 0 N–H and O–H groups in total. The number of ether oxygens (including phenoxy) is 1. The first-order valence-corrected chi connectivity index (χ1v) is 8.59. The number of rotatable bonds is 5. The van der Waals surface area contributed by atoms with Gasteiger partial charge in [0.2, 0.25) is 0 Å². The van der Waals surface area contributed by atoms with E-state index in [0.29, 0.717) is 43.7 Å². The molecule has 2 aliphatic rings. The van der Waals surface area contributed by atoms with Gasteiger partial charge in [-0.25, -0.2) is 10.1 Å². The molecule has 3 rings (SSSR count). The Morgan fingerprint density at radius 3 is 3.04 bits per heavy atom. The van der Waals surface area contributed by atoms with Crippen molar-refractivity contribution < 1.29 is 9.77 Å². The lowest BCUT2D eigenvalue weighted by Crippen LogP contribution is -2.35. The molecule has 2 unspecified atom stereocenters. The lowest BCUT2D eigenvalue weighted by atomic mass is 10.1. The van der Waals surface area contributed by atoms with Gasteiger partial charge in [-0.2, -0.15) is 5.26 Å². The van der Waals surface area contributed by atoms with E-state index < -0.39 is 5.03 Å². The van der Waals surface area contributed by atoms with Crippen LogP contribution < -0.4 is 0 Å². The molecule has 8 heteroatoms. The van der Waals surface area contributed by atoms with E-state index in [-0.39, 0.29) is 6.10 Å². The third kappa shape index (κ3) is 4.37. The van der Waals surface area contributed by atoms with Crippen LogP contribution in [0.1, 0.15) is 24.5 Å². The smallest absolute Gasteiger partial charge is 0.278 e. The summed E-state index contributed by atoms with van der Waals surface area (Å²) in [6.07, 6.45) is 4.81. The zero-order chi connectivity index (χ0) is 18.5. The van der Waals surface area contributed by atoms with Gasteiger partial charge in [0.1, 0.15) is 5.10 Å². The zero-order valence-corrected chi connectivity index (χ0v) is 14.6. The standard InChI is InChI=1S/C18H21N5O3/c1-14-9-17(13-26-14)12-22-8-7-21(18(22)20-23(24)25)6-5-15-3-2-4-16(10-15)11-19/h2-6,10,14,17H,7-9,12-13H2,1H3. The van der Waals surface area contributed by atoms with Crippen LogP contribution in [0.2, 0.25) is 0 Å². The second-order valence-electron chi connectivity index (χ2n) is 6.58. The highest BCUT2D eigenvalue weighted by Gasteiger charge is 2.32. The molecule has 0 spiro atoms. The largest absolute Gasteiger partial charge is 0.378 e. The predicted molar refractivity (Wildman–Crippen MR) is 96.4 cm³/mol. The number of hydrogen-bond acceptors (Lipinski definition) is 4. The van der Waals surface area contributed by atoms with Crippen molar-refractivity contribution in [1.82, 2.24) is 9.80 Å². The molecule has 0 aliphatic carbocycles. The first-order valence-electron chi connectivity index (χ1n) is 8.59. The number of nitrogens with zero attached hydrogens (tertiary/aromatic N) is 5. The van der Waals surface area contributed by atoms with Crippen LogP contribution in [-0.4, -0.2) is 53.1 Å². The van der Waals surface area contributed by atoms with Gasteiger partial charge in [-0.05, 0) is 37.1 Å². The Hall–Kier alpha value is -2.92. The van der Waals surface area contributed by atoms with Gasteiger partial charge in [0.05, 0.1) is 24.3 Å². The molecule has 0 aromatic heterocycles. The zero-order valence-electron chi connectivity index (χ0n) is 14.6. The molecule has 2 atom stereocenters. The molecule has 136 valence electrons. The highest BCUT2D eigenvalue weighted by atomic mass is 16.7. The van der Waals surface area contributed by atoms with Crippen molar-refractivity contribution in [2.75, 3.05) is 26.2 Å². The van der Waals surface area contributed by atoms with E-state index in [4.69, 9.17) is 10.00 Å². The molecule has 2 fully saturated rings. The Balaban J connectivity index is 1.73.